The maximum Gasteiger partial charge on any atom is 0.254 e. The average Bonchev–Trinajstić information content (AvgIpc) is 3.46. The molecule has 1 aliphatic heterocycles. The lowest BCUT2D eigenvalue weighted by Crippen LogP contribution is -2.43. The van der Waals surface area contributed by atoms with Gasteiger partial charge in [-0.25, -0.2) is 0 Å². The van der Waals surface area contributed by atoms with E-state index in [1.807, 2.05) is 25.1 Å². The number of ether oxygens (including phenoxy) is 2. The third-order valence-electron chi connectivity index (χ3n) is 6.90. The Hall–Kier alpha value is -4.56. The predicted octanol–water partition coefficient (Wildman–Crippen LogP) is 5.59. The lowest BCUT2D eigenvalue weighted by molar-refractivity contribution is -0.133. The van der Waals surface area contributed by atoms with E-state index in [0.29, 0.717) is 33.1 Å². The fourth-order valence-corrected chi connectivity index (χ4v) is 4.83. The van der Waals surface area contributed by atoms with Gasteiger partial charge in [0.05, 0.1) is 23.8 Å². The molecule has 0 radical (unpaired) electrons. The van der Waals surface area contributed by atoms with Gasteiger partial charge in [0, 0.05) is 23.7 Å². The highest BCUT2D eigenvalue weighted by atomic mass is 35.5. The lowest BCUT2D eigenvalue weighted by Gasteiger charge is -2.27. The molecule has 41 heavy (non-hydrogen) atoms. The van der Waals surface area contributed by atoms with E-state index in [0.717, 1.165) is 17.5 Å². The Kier molecular flexibility index (Phi) is 8.40. The Balaban J connectivity index is 1.44. The minimum Gasteiger partial charge on any atom is -0.464 e. The SMILES string of the molecule is C=CCN(CC(=O)N(Cc1ccc2c(c1)OCO2)Cc1coc2ccc(Cl)cc2c1=O)C(=O)c1ccc(CC)cc1. The number of carbonyl (C=O) groups excluding carboxylic acids is 2. The van der Waals surface area contributed by atoms with E-state index in [4.69, 9.17) is 25.5 Å². The van der Waals surface area contributed by atoms with Crippen LogP contribution >= 0.6 is 11.6 Å². The Morgan fingerprint density at radius 2 is 1.71 bits per heavy atom. The number of benzene rings is 3. The van der Waals surface area contributed by atoms with Crippen molar-refractivity contribution in [2.45, 2.75) is 26.4 Å². The van der Waals surface area contributed by atoms with Crippen LogP contribution < -0.4 is 14.9 Å². The zero-order valence-corrected chi connectivity index (χ0v) is 23.4. The molecule has 9 heteroatoms. The van der Waals surface area contributed by atoms with Crippen molar-refractivity contribution < 1.29 is 23.5 Å². The largest absolute Gasteiger partial charge is 0.464 e. The number of aryl methyl sites for hydroxylation is 1. The lowest BCUT2D eigenvalue weighted by atomic mass is 10.1. The van der Waals surface area contributed by atoms with E-state index < -0.39 is 0 Å². The summed E-state index contributed by atoms with van der Waals surface area (Å²) in [6.07, 6.45) is 3.79. The molecular formula is C32H29ClN2O6. The summed E-state index contributed by atoms with van der Waals surface area (Å²) in [6, 6.07) is 17.6. The summed E-state index contributed by atoms with van der Waals surface area (Å²) in [7, 11) is 0. The maximum absolute atomic E-state index is 13.8. The Morgan fingerprint density at radius 1 is 0.951 bits per heavy atom. The molecule has 2 amide bonds. The van der Waals surface area contributed by atoms with E-state index in [9.17, 15) is 14.4 Å². The highest BCUT2D eigenvalue weighted by Gasteiger charge is 2.24. The van der Waals surface area contributed by atoms with Crippen LogP contribution in [0.15, 0.2) is 88.8 Å². The second kappa shape index (κ2) is 12.3. The quantitative estimate of drug-likeness (QED) is 0.230. The van der Waals surface area contributed by atoms with E-state index in [2.05, 4.69) is 6.58 Å². The average molecular weight is 573 g/mol. The van der Waals surface area contributed by atoms with Crippen molar-refractivity contribution in [1.29, 1.82) is 0 Å². The minimum absolute atomic E-state index is 0.0423. The predicted molar refractivity (Wildman–Crippen MR) is 156 cm³/mol. The first-order chi connectivity index (χ1) is 19.9. The summed E-state index contributed by atoms with van der Waals surface area (Å²) in [5.74, 6) is 0.557. The van der Waals surface area contributed by atoms with Crippen molar-refractivity contribution in [2.24, 2.45) is 0 Å². The highest BCUT2D eigenvalue weighted by Crippen LogP contribution is 2.33. The van der Waals surface area contributed by atoms with Gasteiger partial charge in [0.25, 0.3) is 5.91 Å². The first kappa shape index (κ1) is 28.0. The van der Waals surface area contributed by atoms with Gasteiger partial charge in [-0.15, -0.1) is 6.58 Å². The smallest absolute Gasteiger partial charge is 0.254 e. The van der Waals surface area contributed by atoms with Crippen LogP contribution in [0.5, 0.6) is 11.5 Å². The number of nitrogens with zero attached hydrogens (tertiary/aromatic N) is 2. The van der Waals surface area contributed by atoms with Crippen molar-refractivity contribution in [1.82, 2.24) is 9.80 Å². The van der Waals surface area contributed by atoms with Crippen molar-refractivity contribution in [3.8, 4) is 11.5 Å². The molecule has 210 valence electrons. The van der Waals surface area contributed by atoms with E-state index in [-0.39, 0.29) is 55.8 Å². The van der Waals surface area contributed by atoms with Crippen LogP contribution in [-0.2, 0) is 24.3 Å². The fourth-order valence-electron chi connectivity index (χ4n) is 4.65. The molecule has 1 aromatic heterocycles. The molecule has 0 aliphatic carbocycles. The van der Waals surface area contributed by atoms with Crippen molar-refractivity contribution in [3.05, 3.63) is 117 Å². The number of fused-ring (bicyclic) bond motifs is 2. The highest BCUT2D eigenvalue weighted by molar-refractivity contribution is 6.31. The zero-order chi connectivity index (χ0) is 28.9. The van der Waals surface area contributed by atoms with Gasteiger partial charge in [-0.05, 0) is 60.0 Å². The van der Waals surface area contributed by atoms with Gasteiger partial charge in [0.1, 0.15) is 12.1 Å². The van der Waals surface area contributed by atoms with E-state index >= 15 is 0 Å². The van der Waals surface area contributed by atoms with E-state index in [1.54, 1.807) is 48.5 Å². The van der Waals surface area contributed by atoms with Crippen LogP contribution in [0.2, 0.25) is 5.02 Å². The normalized spacial score (nSPS) is 11.9. The van der Waals surface area contributed by atoms with Crippen LogP contribution in [0.3, 0.4) is 0 Å². The van der Waals surface area contributed by atoms with Gasteiger partial charge >= 0.3 is 0 Å². The van der Waals surface area contributed by atoms with Crippen molar-refractivity contribution in [3.63, 3.8) is 0 Å². The first-order valence-corrected chi connectivity index (χ1v) is 13.6. The number of rotatable bonds is 10. The topological polar surface area (TPSA) is 89.3 Å². The molecular weight excluding hydrogens is 544 g/mol. The molecule has 0 saturated heterocycles. The molecule has 2 heterocycles. The van der Waals surface area contributed by atoms with E-state index in [1.165, 1.54) is 16.1 Å². The Bertz CT molecular complexity index is 1660. The summed E-state index contributed by atoms with van der Waals surface area (Å²) in [4.78, 5) is 43.5. The van der Waals surface area contributed by atoms with Gasteiger partial charge < -0.3 is 23.7 Å². The molecule has 0 atom stereocenters. The number of amides is 2. The van der Waals surface area contributed by atoms with Gasteiger partial charge in [-0.3, -0.25) is 14.4 Å². The first-order valence-electron chi connectivity index (χ1n) is 13.2. The molecule has 0 saturated carbocycles. The second-order valence-electron chi connectivity index (χ2n) is 9.69. The summed E-state index contributed by atoms with van der Waals surface area (Å²) < 4.78 is 16.6. The zero-order valence-electron chi connectivity index (χ0n) is 22.6. The third kappa shape index (κ3) is 6.28. The van der Waals surface area contributed by atoms with Crippen LogP contribution in [0.1, 0.15) is 34.0 Å². The Labute approximate surface area is 242 Å². The molecule has 3 aromatic carbocycles. The number of hydrogen-bond acceptors (Lipinski definition) is 6. The molecule has 4 aromatic rings. The van der Waals surface area contributed by atoms with Crippen LogP contribution in [0.25, 0.3) is 11.0 Å². The standard InChI is InChI=1S/C32H29ClN2O6/c1-3-13-34(32(38)23-8-5-21(4-2)6-9-23)18-30(36)35(16-22-7-11-28-29(14-22)41-20-40-28)17-24-19-39-27-12-10-25(33)15-26(27)31(24)37/h3,5-12,14-15,19H,1,4,13,16-18,20H2,2H3. The number of halogens is 1. The molecule has 0 bridgehead atoms. The fraction of sp³-hybridized carbons (Fsp3) is 0.219. The third-order valence-corrected chi connectivity index (χ3v) is 7.14. The monoisotopic (exact) mass is 572 g/mol. The number of carbonyl (C=O) groups is 2. The van der Waals surface area contributed by atoms with Gasteiger partial charge in [0.2, 0.25) is 12.7 Å². The second-order valence-corrected chi connectivity index (χ2v) is 10.1. The summed E-state index contributed by atoms with van der Waals surface area (Å²) >= 11 is 6.12. The number of hydrogen-bond donors (Lipinski definition) is 0. The van der Waals surface area contributed by atoms with Crippen molar-refractivity contribution >= 4 is 34.4 Å². The summed E-state index contributed by atoms with van der Waals surface area (Å²) in [6.45, 7) is 6.01. The molecule has 5 rings (SSSR count). The van der Waals surface area contributed by atoms with Crippen LogP contribution in [0, 0.1) is 0 Å². The molecule has 1 aliphatic rings. The van der Waals surface area contributed by atoms with Gasteiger partial charge in [-0.1, -0.05) is 42.8 Å². The molecule has 0 fully saturated rings. The Morgan fingerprint density at radius 3 is 2.46 bits per heavy atom. The van der Waals surface area contributed by atoms with Gasteiger partial charge in [0.15, 0.2) is 16.9 Å². The molecule has 0 N–H and O–H groups in total. The van der Waals surface area contributed by atoms with Gasteiger partial charge in [-0.2, -0.15) is 0 Å². The maximum atomic E-state index is 13.8. The molecule has 8 nitrogen and oxygen atoms in total. The minimum atomic E-state index is -0.353. The molecule has 0 unspecified atom stereocenters. The van der Waals surface area contributed by atoms with Crippen LogP contribution in [-0.4, -0.2) is 41.5 Å². The molecule has 0 spiro atoms. The summed E-state index contributed by atoms with van der Waals surface area (Å²) in [5, 5.41) is 0.727. The van der Waals surface area contributed by atoms with Crippen LogP contribution in [0.4, 0.5) is 0 Å². The summed E-state index contributed by atoms with van der Waals surface area (Å²) in [5.41, 5.74) is 2.75. The van der Waals surface area contributed by atoms with Crippen molar-refractivity contribution in [2.75, 3.05) is 19.9 Å².